The minimum Gasteiger partial charge on any atom is -0.449 e. The number of nitrogens with zero attached hydrogens (tertiary/aromatic N) is 3. The van der Waals surface area contributed by atoms with Crippen LogP contribution in [0.5, 0.6) is 11.5 Å². The third kappa shape index (κ3) is 8.91. The van der Waals surface area contributed by atoms with Crippen LogP contribution in [0.15, 0.2) is 120 Å². The third-order valence-electron chi connectivity index (χ3n) is 10.9. The highest BCUT2D eigenvalue weighted by atomic mass is 35.5. The molecular formula is C44H43ClN6O7S. The second kappa shape index (κ2) is 17.5. The van der Waals surface area contributed by atoms with Gasteiger partial charge in [-0.05, 0) is 84.0 Å². The average Bonchev–Trinajstić information content (AvgIpc) is 3.73. The van der Waals surface area contributed by atoms with Crippen molar-refractivity contribution in [3.05, 3.63) is 142 Å². The zero-order valence-corrected chi connectivity index (χ0v) is 33.7. The Labute approximate surface area is 347 Å². The van der Waals surface area contributed by atoms with Gasteiger partial charge in [-0.3, -0.25) is 19.8 Å². The van der Waals surface area contributed by atoms with Gasteiger partial charge in [-0.2, -0.15) is 0 Å². The molecule has 0 unspecified atom stereocenters. The molecule has 3 N–H and O–H groups in total. The molecule has 0 atom stereocenters. The van der Waals surface area contributed by atoms with Gasteiger partial charge in [-0.25, -0.2) is 13.1 Å². The molecule has 0 bridgehead atoms. The highest BCUT2D eigenvalue weighted by Crippen LogP contribution is 2.49. The maximum Gasteiger partial charge on any atom is 0.338 e. The molecule has 8 rings (SSSR count). The van der Waals surface area contributed by atoms with Gasteiger partial charge in [0, 0.05) is 80.2 Å². The number of nitrogens with one attached hydrogen (secondary N) is 3. The van der Waals surface area contributed by atoms with Crippen LogP contribution < -0.4 is 19.7 Å². The quantitative estimate of drug-likeness (QED) is 0.0761. The predicted octanol–water partition coefficient (Wildman–Crippen LogP) is 8.47. The van der Waals surface area contributed by atoms with Crippen LogP contribution in [-0.4, -0.2) is 75.1 Å². The van der Waals surface area contributed by atoms with Gasteiger partial charge >= 0.3 is 5.69 Å². The standard InChI is InChI=1S/C44H43ClN6O7S/c45-37-13-7-12-35(31-8-3-1-4-9-31)36(37)29-49-20-22-50(23-21-49)39-27-40(59(55,56)48-44(52)32-10-5-2-6-11-32)43(58-34-14-15-38-33(26-34)16-19-46-38)42(51(53)54)41(39)47-28-30-17-24-57-25-18-30/h1-16,19,26-27,30,46-47H,17-18,20-25,28-29H2,(H,48,52). The number of H-pyrrole nitrogens is 1. The molecular weight excluding hydrogens is 792 g/mol. The van der Waals surface area contributed by atoms with Crippen molar-refractivity contribution in [3.63, 3.8) is 0 Å². The Hall–Kier alpha value is -5.93. The lowest BCUT2D eigenvalue weighted by molar-refractivity contribution is -0.384. The van der Waals surface area contributed by atoms with Crippen molar-refractivity contribution in [1.82, 2.24) is 14.6 Å². The van der Waals surface area contributed by atoms with Crippen molar-refractivity contribution in [3.8, 4) is 22.6 Å². The number of sulfonamides is 1. The fraction of sp³-hybridized carbons (Fsp3) is 0.250. The Morgan fingerprint density at radius 1 is 0.915 bits per heavy atom. The largest absolute Gasteiger partial charge is 0.449 e. The molecule has 15 heteroatoms. The van der Waals surface area contributed by atoms with E-state index in [4.69, 9.17) is 21.1 Å². The number of piperazine rings is 1. The van der Waals surface area contributed by atoms with Crippen molar-refractivity contribution in [1.29, 1.82) is 0 Å². The summed E-state index contributed by atoms with van der Waals surface area (Å²) in [6.45, 7) is 4.03. The summed E-state index contributed by atoms with van der Waals surface area (Å²) in [7, 11) is -4.78. The second-order valence-corrected chi connectivity index (χ2v) is 16.7. The molecule has 0 radical (unpaired) electrons. The smallest absolute Gasteiger partial charge is 0.338 e. The van der Waals surface area contributed by atoms with Crippen molar-refractivity contribution in [2.75, 3.05) is 56.2 Å². The number of halogens is 1. The van der Waals surface area contributed by atoms with Gasteiger partial charge in [0.15, 0.2) is 0 Å². The Morgan fingerprint density at radius 2 is 1.64 bits per heavy atom. The average molecular weight is 835 g/mol. The minimum absolute atomic E-state index is 0.103. The van der Waals surface area contributed by atoms with Crippen molar-refractivity contribution >= 4 is 55.5 Å². The summed E-state index contributed by atoms with van der Waals surface area (Å²) in [6, 6.07) is 32.0. The number of carbonyl (C=O) groups excluding carboxylic acids is 1. The zero-order chi connectivity index (χ0) is 40.9. The van der Waals surface area contributed by atoms with E-state index in [1.165, 1.54) is 18.2 Å². The molecule has 0 aliphatic carbocycles. The predicted molar refractivity (Wildman–Crippen MR) is 229 cm³/mol. The number of aromatic nitrogens is 1. The first-order valence-corrected chi connectivity index (χ1v) is 21.3. The molecule has 1 aromatic heterocycles. The van der Waals surface area contributed by atoms with E-state index in [-0.39, 0.29) is 22.9 Å². The lowest BCUT2D eigenvalue weighted by Gasteiger charge is -2.37. The van der Waals surface area contributed by atoms with E-state index in [1.54, 1.807) is 42.6 Å². The molecule has 2 aliphatic rings. The van der Waals surface area contributed by atoms with E-state index in [1.807, 2.05) is 41.3 Å². The van der Waals surface area contributed by atoms with Crippen LogP contribution in [0.4, 0.5) is 17.1 Å². The molecule has 2 fully saturated rings. The van der Waals surface area contributed by atoms with Crippen LogP contribution in [0, 0.1) is 16.0 Å². The number of fused-ring (bicyclic) bond motifs is 1. The summed E-state index contributed by atoms with van der Waals surface area (Å²) in [5, 5.41) is 18.2. The first kappa shape index (κ1) is 39.9. The molecule has 5 aromatic carbocycles. The van der Waals surface area contributed by atoms with E-state index in [0.29, 0.717) is 63.2 Å². The monoisotopic (exact) mass is 834 g/mol. The minimum atomic E-state index is -4.78. The van der Waals surface area contributed by atoms with Crippen molar-refractivity contribution in [2.24, 2.45) is 5.92 Å². The number of ether oxygens (including phenoxy) is 2. The van der Waals surface area contributed by atoms with Gasteiger partial charge in [-0.15, -0.1) is 0 Å². The summed E-state index contributed by atoms with van der Waals surface area (Å²) in [5.74, 6) is -1.06. The maximum absolute atomic E-state index is 14.4. The number of nitro groups is 1. The summed E-state index contributed by atoms with van der Waals surface area (Å²) in [6.07, 6.45) is 3.27. The zero-order valence-electron chi connectivity index (χ0n) is 32.1. The Balaban J connectivity index is 1.19. The maximum atomic E-state index is 14.4. The molecule has 2 saturated heterocycles. The fourth-order valence-corrected chi connectivity index (χ4v) is 9.08. The molecule has 1 amide bonds. The van der Waals surface area contributed by atoms with Crippen molar-refractivity contribution in [2.45, 2.75) is 24.3 Å². The van der Waals surface area contributed by atoms with Crippen molar-refractivity contribution < 1.29 is 27.6 Å². The van der Waals surface area contributed by atoms with Gasteiger partial charge in [0.25, 0.3) is 15.9 Å². The van der Waals surface area contributed by atoms with Gasteiger partial charge in [0.05, 0.1) is 10.6 Å². The number of hydrogen-bond acceptors (Lipinski definition) is 10. The SMILES string of the molecule is O=C(NS(=O)(=O)c1cc(N2CCN(Cc3c(Cl)cccc3-c3ccccc3)CC2)c(NCC2CCOCC2)c([N+](=O)[O-])c1Oc1ccc2[nH]ccc2c1)c1ccccc1. The van der Waals surface area contributed by atoms with Crippen LogP contribution in [0.3, 0.4) is 0 Å². The Kier molecular flexibility index (Phi) is 11.8. The fourth-order valence-electron chi connectivity index (χ4n) is 7.72. The van der Waals surface area contributed by atoms with Gasteiger partial charge in [-0.1, -0.05) is 72.3 Å². The van der Waals surface area contributed by atoms with Crippen LogP contribution in [0.25, 0.3) is 22.0 Å². The lowest BCUT2D eigenvalue weighted by Crippen LogP contribution is -2.46. The molecule has 13 nitrogen and oxygen atoms in total. The van der Waals surface area contributed by atoms with E-state index in [0.717, 1.165) is 40.4 Å². The first-order valence-electron chi connectivity index (χ1n) is 19.5. The van der Waals surface area contributed by atoms with E-state index < -0.39 is 37.2 Å². The molecule has 59 heavy (non-hydrogen) atoms. The molecule has 6 aromatic rings. The third-order valence-corrected chi connectivity index (χ3v) is 12.6. The Morgan fingerprint density at radius 3 is 2.37 bits per heavy atom. The number of nitro benzene ring substituents is 1. The summed E-state index contributed by atoms with van der Waals surface area (Å²) < 4.78 is 42.9. The number of anilines is 2. The normalized spacial score (nSPS) is 15.2. The number of amides is 1. The highest BCUT2D eigenvalue weighted by molar-refractivity contribution is 7.90. The molecule has 0 saturated carbocycles. The van der Waals surface area contributed by atoms with Gasteiger partial charge < -0.3 is 24.7 Å². The lowest BCUT2D eigenvalue weighted by atomic mass is 9.99. The number of aromatic amines is 1. The summed E-state index contributed by atoms with van der Waals surface area (Å²) in [4.78, 5) is 32.9. The second-order valence-electron chi connectivity index (χ2n) is 14.7. The molecule has 3 heterocycles. The van der Waals surface area contributed by atoms with Gasteiger partial charge in [0.2, 0.25) is 5.75 Å². The van der Waals surface area contributed by atoms with Gasteiger partial charge in [0.1, 0.15) is 16.3 Å². The first-order chi connectivity index (χ1) is 28.6. The van der Waals surface area contributed by atoms with Crippen LogP contribution in [0.1, 0.15) is 28.8 Å². The van der Waals surface area contributed by atoms with Crippen LogP contribution >= 0.6 is 11.6 Å². The Bertz CT molecular complexity index is 2580. The number of rotatable bonds is 13. The molecule has 304 valence electrons. The number of carbonyl (C=O) groups is 1. The highest BCUT2D eigenvalue weighted by Gasteiger charge is 2.37. The molecule has 0 spiro atoms. The topological polar surface area (TPSA) is 159 Å². The number of benzene rings is 5. The molecule has 2 aliphatic heterocycles. The van der Waals surface area contributed by atoms with E-state index in [2.05, 4.69) is 38.1 Å². The number of hydrogen-bond donors (Lipinski definition) is 3. The van der Waals surface area contributed by atoms with Crippen LogP contribution in [-0.2, 0) is 21.3 Å². The van der Waals surface area contributed by atoms with E-state index in [9.17, 15) is 23.3 Å². The van der Waals surface area contributed by atoms with E-state index >= 15 is 0 Å². The summed E-state index contributed by atoms with van der Waals surface area (Å²) >= 11 is 6.80. The van der Waals surface area contributed by atoms with Crippen LogP contribution in [0.2, 0.25) is 5.02 Å². The summed E-state index contributed by atoms with van der Waals surface area (Å²) in [5.41, 5.74) is 3.88.